The van der Waals surface area contributed by atoms with E-state index in [4.69, 9.17) is 10.5 Å². The zero-order valence-electron chi connectivity index (χ0n) is 13.3. The minimum Gasteiger partial charge on any atom is -0.396 e. The van der Waals surface area contributed by atoms with Gasteiger partial charge in [-0.25, -0.2) is 0 Å². The van der Waals surface area contributed by atoms with E-state index in [1.165, 1.54) is 11.8 Å². The van der Waals surface area contributed by atoms with Gasteiger partial charge < -0.3 is 10.4 Å². The van der Waals surface area contributed by atoms with Crippen LogP contribution in [-0.2, 0) is 4.79 Å². The number of nitrogens with one attached hydrogen (secondary N) is 2. The molecule has 1 saturated heterocycles. The van der Waals surface area contributed by atoms with Crippen LogP contribution in [0.1, 0.15) is 17.5 Å². The topological polar surface area (TPSA) is 110 Å². The lowest BCUT2D eigenvalue weighted by Crippen LogP contribution is -2.19. The molecule has 1 aromatic carbocycles. The number of nitriles is 1. The van der Waals surface area contributed by atoms with E-state index in [2.05, 4.69) is 16.4 Å². The molecule has 1 atom stereocenters. The van der Waals surface area contributed by atoms with E-state index in [0.717, 1.165) is 21.4 Å². The molecule has 2 aromatic rings. The van der Waals surface area contributed by atoms with Gasteiger partial charge in [-0.15, -0.1) is 22.2 Å². The highest BCUT2D eigenvalue weighted by Gasteiger charge is 2.19. The number of pyridine rings is 1. The van der Waals surface area contributed by atoms with Gasteiger partial charge >= 0.3 is 0 Å². The maximum atomic E-state index is 11.4. The number of hydrogen-bond acceptors (Lipinski definition) is 6. The molecule has 0 spiro atoms. The third-order valence-corrected chi connectivity index (χ3v) is 6.57. The van der Waals surface area contributed by atoms with Crippen LogP contribution in [0.15, 0.2) is 29.3 Å². The average Bonchev–Trinajstić information content (AvgIpc) is 2.92. The van der Waals surface area contributed by atoms with Crippen molar-refractivity contribution >= 4 is 49.6 Å². The predicted molar refractivity (Wildman–Crippen MR) is 102 cm³/mol. The highest BCUT2D eigenvalue weighted by molar-refractivity contribution is 8.29. The van der Waals surface area contributed by atoms with Crippen molar-refractivity contribution in [2.45, 2.75) is 11.3 Å². The van der Waals surface area contributed by atoms with Gasteiger partial charge in [-0.1, -0.05) is 6.07 Å². The second kappa shape index (κ2) is 7.78. The summed E-state index contributed by atoms with van der Waals surface area (Å²) < 4.78 is 0. The summed E-state index contributed by atoms with van der Waals surface area (Å²) in [4.78, 5) is 16.6. The zero-order valence-corrected chi connectivity index (χ0v) is 14.9. The lowest BCUT2D eigenvalue weighted by molar-refractivity contribution is -0.116. The van der Waals surface area contributed by atoms with Crippen molar-refractivity contribution in [1.82, 2.24) is 10.3 Å². The number of carbonyl (C=O) groups excluding carboxylic acids is 1. The maximum absolute atomic E-state index is 11.4. The average molecular weight is 372 g/mol. The normalized spacial score (nSPS) is 17.0. The summed E-state index contributed by atoms with van der Waals surface area (Å²) in [6, 6.07) is 7.92. The molecule has 8 heteroatoms. The third-order valence-electron chi connectivity index (χ3n) is 3.59. The first kappa shape index (κ1) is 17.6. The number of amidine groups is 1. The molecule has 0 saturated carbocycles. The van der Waals surface area contributed by atoms with E-state index in [9.17, 15) is 10.1 Å². The summed E-state index contributed by atoms with van der Waals surface area (Å²) in [5, 5.41) is 31.8. The summed E-state index contributed by atoms with van der Waals surface area (Å²) in [5.41, 5.74) is 2.21. The molecule has 0 aliphatic carbocycles. The monoisotopic (exact) mass is 372 g/mol. The van der Waals surface area contributed by atoms with Gasteiger partial charge in [0.1, 0.15) is 6.07 Å². The quantitative estimate of drug-likeness (QED) is 0.423. The fourth-order valence-electron chi connectivity index (χ4n) is 2.44. The fourth-order valence-corrected chi connectivity index (χ4v) is 4.91. The van der Waals surface area contributed by atoms with Crippen LogP contribution < -0.4 is 5.32 Å². The second-order valence-electron chi connectivity index (χ2n) is 5.38. The van der Waals surface area contributed by atoms with E-state index < -0.39 is 10.5 Å². The third kappa shape index (κ3) is 3.90. The van der Waals surface area contributed by atoms with Gasteiger partial charge in [0.25, 0.3) is 0 Å². The Balaban J connectivity index is 2.04. The van der Waals surface area contributed by atoms with Gasteiger partial charge in [-0.3, -0.25) is 15.2 Å². The lowest BCUT2D eigenvalue weighted by atomic mass is 10.1. The molecule has 1 aliphatic rings. The van der Waals surface area contributed by atoms with E-state index >= 15 is 0 Å². The van der Waals surface area contributed by atoms with E-state index in [1.54, 1.807) is 6.20 Å². The first-order chi connectivity index (χ1) is 12.1. The van der Waals surface area contributed by atoms with Crippen molar-refractivity contribution in [2.75, 3.05) is 18.1 Å². The van der Waals surface area contributed by atoms with Gasteiger partial charge in [0.05, 0.1) is 16.8 Å². The molecule has 128 valence electrons. The van der Waals surface area contributed by atoms with Crippen LogP contribution in [0.4, 0.5) is 0 Å². The number of amides is 1. The van der Waals surface area contributed by atoms with Gasteiger partial charge in [0.15, 0.2) is 5.17 Å². The van der Waals surface area contributed by atoms with Gasteiger partial charge in [-0.2, -0.15) is 5.26 Å². The van der Waals surface area contributed by atoms with Gasteiger partial charge in [-0.05, 0) is 29.5 Å². The smallest absolute Gasteiger partial charge is 0.235 e. The van der Waals surface area contributed by atoms with Crippen LogP contribution >= 0.6 is 22.2 Å². The number of aliphatic hydroxyl groups excluding tert-OH is 1. The number of benzene rings is 1. The minimum absolute atomic E-state index is 0.114. The molecule has 2 heterocycles. The SMILES string of the molecule is N#Cc1cnc2ccc(/C=S3/CC(=O)NC3=N)cc2c1SCCCO. The summed E-state index contributed by atoms with van der Waals surface area (Å²) in [6.07, 6.45) is 2.23. The van der Waals surface area contributed by atoms with E-state index in [1.807, 2.05) is 23.6 Å². The Morgan fingerprint density at radius 1 is 1.52 bits per heavy atom. The van der Waals surface area contributed by atoms with Crippen molar-refractivity contribution in [3.05, 3.63) is 35.5 Å². The Morgan fingerprint density at radius 2 is 2.36 bits per heavy atom. The predicted octanol–water partition coefficient (Wildman–Crippen LogP) is 2.06. The number of thioether (sulfide) groups is 1. The Bertz CT molecular complexity index is 934. The van der Waals surface area contributed by atoms with Gasteiger partial charge in [0, 0.05) is 28.8 Å². The van der Waals surface area contributed by atoms with Crippen LogP contribution in [0.25, 0.3) is 10.9 Å². The number of fused-ring (bicyclic) bond motifs is 1. The van der Waals surface area contributed by atoms with Crippen LogP contribution in [0, 0.1) is 16.7 Å². The largest absolute Gasteiger partial charge is 0.396 e. The summed E-state index contributed by atoms with van der Waals surface area (Å²) in [7, 11) is -0.544. The molecule has 0 radical (unpaired) electrons. The molecule has 25 heavy (non-hydrogen) atoms. The van der Waals surface area contributed by atoms with Crippen molar-refractivity contribution in [3.8, 4) is 6.07 Å². The van der Waals surface area contributed by atoms with Crippen LogP contribution in [-0.4, -0.2) is 44.6 Å². The molecular weight excluding hydrogens is 356 g/mol. The molecule has 3 N–H and O–H groups in total. The van der Waals surface area contributed by atoms with Crippen molar-refractivity contribution in [2.24, 2.45) is 0 Å². The summed E-state index contributed by atoms with van der Waals surface area (Å²) >= 11 is 1.54. The van der Waals surface area contributed by atoms with Crippen molar-refractivity contribution in [3.63, 3.8) is 0 Å². The number of rotatable bonds is 5. The van der Waals surface area contributed by atoms with Crippen LogP contribution in [0.2, 0.25) is 0 Å². The van der Waals surface area contributed by atoms with Crippen molar-refractivity contribution < 1.29 is 9.90 Å². The molecule has 0 bridgehead atoms. The first-order valence-corrected chi connectivity index (χ1v) is 10.1. The Labute approximate surface area is 151 Å². The molecule has 1 aromatic heterocycles. The van der Waals surface area contributed by atoms with Crippen molar-refractivity contribution in [1.29, 1.82) is 10.7 Å². The van der Waals surface area contributed by atoms with E-state index in [-0.39, 0.29) is 17.7 Å². The molecule has 1 amide bonds. The number of aliphatic hydroxyl groups is 1. The highest BCUT2D eigenvalue weighted by atomic mass is 32.2. The molecule has 1 unspecified atom stereocenters. The number of carbonyl (C=O) groups is 1. The number of aromatic nitrogens is 1. The number of hydrogen-bond donors (Lipinski definition) is 3. The van der Waals surface area contributed by atoms with Crippen LogP contribution in [0.3, 0.4) is 0 Å². The molecule has 1 fully saturated rings. The zero-order chi connectivity index (χ0) is 17.8. The fraction of sp³-hybridized carbons (Fsp3) is 0.235. The molecule has 6 nitrogen and oxygen atoms in total. The molecule has 1 aliphatic heterocycles. The second-order valence-corrected chi connectivity index (χ2v) is 8.28. The first-order valence-electron chi connectivity index (χ1n) is 7.62. The molecule has 3 rings (SSSR count). The molecular formula is C17H16N4O2S2. The van der Waals surface area contributed by atoms with Gasteiger partial charge in [0.2, 0.25) is 5.91 Å². The Morgan fingerprint density at radius 3 is 3.04 bits per heavy atom. The Hall–Kier alpha value is -2.21. The lowest BCUT2D eigenvalue weighted by Gasteiger charge is -2.09. The number of nitrogens with zero attached hydrogens (tertiary/aromatic N) is 2. The summed E-state index contributed by atoms with van der Waals surface area (Å²) in [6.45, 7) is 0.114. The summed E-state index contributed by atoms with van der Waals surface area (Å²) in [5.74, 6) is 0.899. The van der Waals surface area contributed by atoms with Crippen LogP contribution in [0.5, 0.6) is 0 Å². The standard InChI is InChI=1S/C17H16N4O2S2/c18-7-12-8-20-14-3-2-11(9-25-10-15(23)21-17(25)19)6-13(14)16(12)24-5-1-4-22/h2-3,6,8-9,22H,1,4-5,10H2,(H2,19,21,23). The maximum Gasteiger partial charge on any atom is 0.235 e. The van der Waals surface area contributed by atoms with E-state index in [0.29, 0.717) is 23.5 Å². The Kier molecular flexibility index (Phi) is 5.48. The minimum atomic E-state index is -0.544. The highest BCUT2D eigenvalue weighted by Crippen LogP contribution is 2.31.